The van der Waals surface area contributed by atoms with E-state index in [2.05, 4.69) is 35.2 Å². The molecule has 2 heteroatoms. The first-order valence-corrected chi connectivity index (χ1v) is 6.91. The summed E-state index contributed by atoms with van der Waals surface area (Å²) in [4.78, 5) is 0. The Morgan fingerprint density at radius 1 is 1.00 bits per heavy atom. The minimum atomic E-state index is 1.03. The van der Waals surface area contributed by atoms with Crippen LogP contribution >= 0.6 is 0 Å². The van der Waals surface area contributed by atoms with Gasteiger partial charge in [0.1, 0.15) is 0 Å². The van der Waals surface area contributed by atoms with Crippen LogP contribution in [-0.2, 0) is 0 Å². The molecular weight excluding hydrogens is 196 g/mol. The Morgan fingerprint density at radius 3 is 2.06 bits per heavy atom. The lowest BCUT2D eigenvalue weighted by molar-refractivity contribution is -0.896. The van der Waals surface area contributed by atoms with Gasteiger partial charge in [-0.2, -0.15) is 0 Å². The van der Waals surface area contributed by atoms with Gasteiger partial charge in [0.25, 0.3) is 0 Å². The highest BCUT2D eigenvalue weighted by atomic mass is 15.3. The molecule has 1 aliphatic heterocycles. The van der Waals surface area contributed by atoms with E-state index in [1.54, 1.807) is 0 Å². The van der Waals surface area contributed by atoms with Crippen molar-refractivity contribution in [2.75, 3.05) is 54.9 Å². The van der Waals surface area contributed by atoms with Crippen molar-refractivity contribution in [3.63, 3.8) is 0 Å². The maximum absolute atomic E-state index is 2.37. The van der Waals surface area contributed by atoms with Gasteiger partial charge in [-0.25, -0.2) is 0 Å². The number of unbranched alkanes of at least 4 members (excludes halogenated alkanes) is 1. The van der Waals surface area contributed by atoms with E-state index in [0.717, 1.165) is 10.4 Å². The van der Waals surface area contributed by atoms with E-state index in [1.807, 2.05) is 0 Å². The Morgan fingerprint density at radius 2 is 1.56 bits per heavy atom. The lowest BCUT2D eigenvalue weighted by atomic mass is 9.91. The SMILES string of the molecule is C[N+](C)(C)CCCCC1CC[N+](C)(C)CC1. The molecule has 0 amide bonds. The first kappa shape index (κ1) is 14.0. The first-order chi connectivity index (χ1) is 7.29. The molecule has 96 valence electrons. The molecule has 0 aliphatic carbocycles. The van der Waals surface area contributed by atoms with Crippen molar-refractivity contribution in [3.05, 3.63) is 0 Å². The Labute approximate surface area is 102 Å². The second kappa shape index (κ2) is 5.50. The van der Waals surface area contributed by atoms with E-state index < -0.39 is 0 Å². The summed E-state index contributed by atoms with van der Waals surface area (Å²) in [5.74, 6) is 1.03. The van der Waals surface area contributed by atoms with Gasteiger partial charge in [0.2, 0.25) is 0 Å². The number of hydrogen-bond acceptors (Lipinski definition) is 0. The Bertz CT molecular complexity index is 193. The smallest absolute Gasteiger partial charge is 0.0785 e. The van der Waals surface area contributed by atoms with Gasteiger partial charge in [0.05, 0.1) is 54.9 Å². The molecule has 0 radical (unpaired) electrons. The van der Waals surface area contributed by atoms with Crippen molar-refractivity contribution in [2.45, 2.75) is 32.1 Å². The molecular formula is C14H32N2+2. The molecule has 0 unspecified atom stereocenters. The van der Waals surface area contributed by atoms with E-state index in [0.29, 0.717) is 0 Å². The largest absolute Gasteiger partial charge is 0.331 e. The number of nitrogens with zero attached hydrogens (tertiary/aromatic N) is 2. The molecule has 0 aromatic rings. The molecule has 1 heterocycles. The van der Waals surface area contributed by atoms with Crippen molar-refractivity contribution in [1.29, 1.82) is 0 Å². The van der Waals surface area contributed by atoms with Gasteiger partial charge in [-0.3, -0.25) is 0 Å². The van der Waals surface area contributed by atoms with Gasteiger partial charge in [-0.15, -0.1) is 0 Å². The first-order valence-electron chi connectivity index (χ1n) is 6.91. The zero-order valence-corrected chi connectivity index (χ0v) is 12.1. The van der Waals surface area contributed by atoms with Gasteiger partial charge < -0.3 is 8.97 Å². The molecule has 1 rings (SSSR count). The molecule has 16 heavy (non-hydrogen) atoms. The molecule has 1 saturated heterocycles. The van der Waals surface area contributed by atoms with Crippen molar-refractivity contribution < 1.29 is 8.97 Å². The minimum absolute atomic E-state index is 1.03. The monoisotopic (exact) mass is 228 g/mol. The minimum Gasteiger partial charge on any atom is -0.331 e. The normalized spacial score (nSPS) is 22.3. The predicted octanol–water partition coefficient (Wildman–Crippen LogP) is 2.35. The average molecular weight is 228 g/mol. The highest BCUT2D eigenvalue weighted by Gasteiger charge is 2.25. The molecule has 0 spiro atoms. The third-order valence-electron chi connectivity index (χ3n) is 3.98. The summed E-state index contributed by atoms with van der Waals surface area (Å²) in [6.45, 7) is 4.11. The van der Waals surface area contributed by atoms with Crippen LogP contribution < -0.4 is 0 Å². The number of rotatable bonds is 5. The summed E-state index contributed by atoms with van der Waals surface area (Å²) in [5.41, 5.74) is 0. The van der Waals surface area contributed by atoms with Crippen molar-refractivity contribution >= 4 is 0 Å². The Balaban J connectivity index is 2.07. The van der Waals surface area contributed by atoms with E-state index in [4.69, 9.17) is 0 Å². The number of hydrogen-bond donors (Lipinski definition) is 0. The van der Waals surface area contributed by atoms with Crippen LogP contribution in [0.3, 0.4) is 0 Å². The van der Waals surface area contributed by atoms with Gasteiger partial charge in [-0.1, -0.05) is 0 Å². The molecule has 0 atom stereocenters. The molecule has 1 fully saturated rings. The van der Waals surface area contributed by atoms with Crippen LogP contribution in [0.4, 0.5) is 0 Å². The van der Waals surface area contributed by atoms with Crippen molar-refractivity contribution in [1.82, 2.24) is 0 Å². The second-order valence-electron chi connectivity index (χ2n) is 7.34. The van der Waals surface area contributed by atoms with Crippen LogP contribution in [0.1, 0.15) is 32.1 Å². The lowest BCUT2D eigenvalue weighted by Gasteiger charge is -2.37. The standard InChI is InChI=1S/C14H32N2/c1-15(2,3)11-7-6-8-14-9-12-16(4,5)13-10-14/h14H,6-13H2,1-5H3/q+2. The Hall–Kier alpha value is -0.0800. The summed E-state index contributed by atoms with van der Waals surface area (Å²) in [5, 5.41) is 0. The highest BCUT2D eigenvalue weighted by molar-refractivity contribution is 4.64. The second-order valence-corrected chi connectivity index (χ2v) is 7.34. The third-order valence-corrected chi connectivity index (χ3v) is 3.98. The quantitative estimate of drug-likeness (QED) is 0.500. The predicted molar refractivity (Wildman–Crippen MR) is 71.3 cm³/mol. The zero-order chi connectivity index (χ0) is 12.2. The summed E-state index contributed by atoms with van der Waals surface area (Å²) < 4.78 is 2.37. The number of quaternary nitrogens is 2. The summed E-state index contributed by atoms with van der Waals surface area (Å²) in [6, 6.07) is 0. The van der Waals surface area contributed by atoms with Crippen LogP contribution in [0.15, 0.2) is 0 Å². The van der Waals surface area contributed by atoms with Gasteiger partial charge in [0, 0.05) is 0 Å². The van der Waals surface area contributed by atoms with Crippen LogP contribution in [0, 0.1) is 5.92 Å². The fourth-order valence-electron chi connectivity index (χ4n) is 2.63. The Kier molecular flexibility index (Phi) is 4.81. The fourth-order valence-corrected chi connectivity index (χ4v) is 2.63. The molecule has 0 N–H and O–H groups in total. The summed E-state index contributed by atoms with van der Waals surface area (Å²) in [6.07, 6.45) is 7.22. The average Bonchev–Trinajstić information content (AvgIpc) is 2.13. The zero-order valence-electron chi connectivity index (χ0n) is 12.1. The third kappa shape index (κ3) is 5.86. The van der Waals surface area contributed by atoms with E-state index in [9.17, 15) is 0 Å². The van der Waals surface area contributed by atoms with Gasteiger partial charge in [-0.05, 0) is 38.0 Å². The van der Waals surface area contributed by atoms with E-state index in [-0.39, 0.29) is 0 Å². The van der Waals surface area contributed by atoms with Crippen LogP contribution in [-0.4, -0.2) is 63.8 Å². The fraction of sp³-hybridized carbons (Fsp3) is 1.00. The summed E-state index contributed by atoms with van der Waals surface area (Å²) >= 11 is 0. The maximum atomic E-state index is 2.37. The van der Waals surface area contributed by atoms with Gasteiger partial charge >= 0.3 is 0 Å². The van der Waals surface area contributed by atoms with Crippen molar-refractivity contribution in [2.24, 2.45) is 5.92 Å². The molecule has 0 aromatic carbocycles. The van der Waals surface area contributed by atoms with Crippen LogP contribution in [0.5, 0.6) is 0 Å². The van der Waals surface area contributed by atoms with Crippen LogP contribution in [0.25, 0.3) is 0 Å². The topological polar surface area (TPSA) is 0 Å². The summed E-state index contributed by atoms with van der Waals surface area (Å²) in [7, 11) is 11.6. The molecule has 0 bridgehead atoms. The molecule has 1 aliphatic rings. The number of piperidine rings is 1. The molecule has 0 aromatic heterocycles. The van der Waals surface area contributed by atoms with Crippen LogP contribution in [0.2, 0.25) is 0 Å². The van der Waals surface area contributed by atoms with E-state index >= 15 is 0 Å². The molecule has 0 saturated carbocycles. The number of likely N-dealkylation sites (tertiary alicyclic amines) is 1. The highest BCUT2D eigenvalue weighted by Crippen LogP contribution is 2.24. The van der Waals surface area contributed by atoms with Crippen molar-refractivity contribution in [3.8, 4) is 0 Å². The van der Waals surface area contributed by atoms with Gasteiger partial charge in [0.15, 0.2) is 0 Å². The maximum Gasteiger partial charge on any atom is 0.0785 e. The van der Waals surface area contributed by atoms with E-state index in [1.165, 1.54) is 56.2 Å². The lowest BCUT2D eigenvalue weighted by Crippen LogP contribution is -2.46. The molecule has 2 nitrogen and oxygen atoms in total.